The first-order valence-electron chi connectivity index (χ1n) is 12.0. The van der Waals surface area contributed by atoms with Gasteiger partial charge in [0, 0.05) is 29.3 Å². The van der Waals surface area contributed by atoms with Crippen LogP contribution in [0.5, 0.6) is 0 Å². The van der Waals surface area contributed by atoms with Gasteiger partial charge in [-0.25, -0.2) is 0 Å². The van der Waals surface area contributed by atoms with Gasteiger partial charge in [0.1, 0.15) is 6.04 Å². The molecule has 0 radical (unpaired) electrons. The average molecular weight is 462 g/mol. The predicted molar refractivity (Wildman–Crippen MR) is 144 cm³/mol. The van der Waals surface area contributed by atoms with Crippen LogP contribution in [0.15, 0.2) is 122 Å². The Labute approximate surface area is 208 Å². The Morgan fingerprint density at radius 1 is 0.857 bits per heavy atom. The third-order valence-corrected chi connectivity index (χ3v) is 6.17. The van der Waals surface area contributed by atoms with Crippen LogP contribution in [0.1, 0.15) is 43.5 Å². The monoisotopic (exact) mass is 461 g/mol. The molecule has 4 nitrogen and oxygen atoms in total. The number of allylic oxidation sites excluding steroid dienone is 1. The van der Waals surface area contributed by atoms with Crippen LogP contribution in [-0.2, 0) is 4.79 Å². The molecule has 0 saturated carbocycles. The van der Waals surface area contributed by atoms with Gasteiger partial charge in [0.25, 0.3) is 0 Å². The summed E-state index contributed by atoms with van der Waals surface area (Å²) >= 11 is 0. The van der Waals surface area contributed by atoms with E-state index in [-0.39, 0.29) is 11.9 Å². The van der Waals surface area contributed by atoms with Crippen molar-refractivity contribution in [3.8, 4) is 11.1 Å². The molecule has 4 heteroatoms. The van der Waals surface area contributed by atoms with Gasteiger partial charge in [-0.2, -0.15) is 0 Å². The highest BCUT2D eigenvalue weighted by Crippen LogP contribution is 2.34. The summed E-state index contributed by atoms with van der Waals surface area (Å²) in [5.41, 5.74) is 5.90. The smallest absolute Gasteiger partial charge is 0.248 e. The van der Waals surface area contributed by atoms with Crippen LogP contribution in [0.4, 0.5) is 5.69 Å². The second kappa shape index (κ2) is 11.3. The highest BCUT2D eigenvalue weighted by Gasteiger charge is 2.30. The van der Waals surface area contributed by atoms with E-state index in [9.17, 15) is 4.79 Å². The van der Waals surface area contributed by atoms with Crippen LogP contribution >= 0.6 is 0 Å². The molecule has 1 N–H and O–H groups in total. The molecule has 1 unspecified atom stereocenters. The fourth-order valence-electron chi connectivity index (χ4n) is 4.20. The second-order valence-corrected chi connectivity index (χ2v) is 8.53. The van der Waals surface area contributed by atoms with Crippen LogP contribution in [0, 0.1) is 0 Å². The molecular weight excluding hydrogens is 430 g/mol. The van der Waals surface area contributed by atoms with Crippen molar-refractivity contribution in [1.29, 1.82) is 0 Å². The minimum atomic E-state index is -0.607. The lowest BCUT2D eigenvalue weighted by Gasteiger charge is -2.35. The number of hydrogen-bond acceptors (Lipinski definition) is 3. The lowest BCUT2D eigenvalue weighted by Crippen LogP contribution is -2.41. The first-order valence-corrected chi connectivity index (χ1v) is 12.0. The van der Waals surface area contributed by atoms with E-state index in [1.165, 1.54) is 0 Å². The SMILES string of the molecule is C=C(CC)N(c1ccc(-c2ccccc2)cc1)C(C(=O)N[C@@H](C)c1ccccc1)c1cccnc1. The summed E-state index contributed by atoms with van der Waals surface area (Å²) in [6, 6.07) is 31.6. The highest BCUT2D eigenvalue weighted by atomic mass is 16.2. The Balaban J connectivity index is 1.71. The van der Waals surface area contributed by atoms with Gasteiger partial charge in [-0.3, -0.25) is 9.78 Å². The first kappa shape index (κ1) is 24.0. The minimum Gasteiger partial charge on any atom is -0.347 e. The first-order chi connectivity index (χ1) is 17.1. The maximum atomic E-state index is 13.8. The number of rotatable bonds is 9. The summed E-state index contributed by atoms with van der Waals surface area (Å²) in [6.45, 7) is 8.38. The summed E-state index contributed by atoms with van der Waals surface area (Å²) in [5, 5.41) is 3.21. The van der Waals surface area contributed by atoms with E-state index in [0.717, 1.165) is 33.6 Å². The van der Waals surface area contributed by atoms with Gasteiger partial charge in [0.2, 0.25) is 5.91 Å². The molecule has 0 aliphatic rings. The lowest BCUT2D eigenvalue weighted by atomic mass is 10.0. The van der Waals surface area contributed by atoms with E-state index in [1.807, 2.05) is 72.5 Å². The van der Waals surface area contributed by atoms with Gasteiger partial charge in [-0.05, 0) is 48.2 Å². The van der Waals surface area contributed by atoms with Gasteiger partial charge in [0.15, 0.2) is 0 Å². The zero-order chi connectivity index (χ0) is 24.6. The maximum Gasteiger partial charge on any atom is 0.248 e. The zero-order valence-electron chi connectivity index (χ0n) is 20.3. The molecule has 0 aliphatic carbocycles. The molecular formula is C31H31N3O. The van der Waals surface area contributed by atoms with Crippen molar-refractivity contribution in [2.75, 3.05) is 4.90 Å². The van der Waals surface area contributed by atoms with Crippen molar-refractivity contribution in [1.82, 2.24) is 10.3 Å². The number of pyridine rings is 1. The number of benzene rings is 3. The Morgan fingerprint density at radius 3 is 2.06 bits per heavy atom. The number of anilines is 1. The fraction of sp³-hybridized carbons (Fsp3) is 0.161. The molecule has 0 bridgehead atoms. The van der Waals surface area contributed by atoms with Crippen LogP contribution < -0.4 is 10.2 Å². The number of amides is 1. The van der Waals surface area contributed by atoms with E-state index in [1.54, 1.807) is 12.4 Å². The molecule has 3 aromatic carbocycles. The number of aromatic nitrogens is 1. The molecule has 4 aromatic rings. The largest absolute Gasteiger partial charge is 0.347 e. The van der Waals surface area contributed by atoms with Gasteiger partial charge in [0.05, 0.1) is 6.04 Å². The third-order valence-electron chi connectivity index (χ3n) is 6.17. The highest BCUT2D eigenvalue weighted by molar-refractivity contribution is 5.88. The summed E-state index contributed by atoms with van der Waals surface area (Å²) < 4.78 is 0. The number of hydrogen-bond donors (Lipinski definition) is 1. The van der Waals surface area contributed by atoms with Crippen molar-refractivity contribution in [3.05, 3.63) is 133 Å². The molecule has 0 saturated heterocycles. The van der Waals surface area contributed by atoms with Crippen LogP contribution in [0.25, 0.3) is 11.1 Å². The van der Waals surface area contributed by atoms with Gasteiger partial charge in [-0.1, -0.05) is 92.4 Å². The lowest BCUT2D eigenvalue weighted by molar-refractivity contribution is -0.123. The molecule has 1 aromatic heterocycles. The van der Waals surface area contributed by atoms with Crippen molar-refractivity contribution in [3.63, 3.8) is 0 Å². The van der Waals surface area contributed by atoms with Crippen molar-refractivity contribution < 1.29 is 4.79 Å². The summed E-state index contributed by atoms with van der Waals surface area (Å²) in [6.07, 6.45) is 4.18. The normalized spacial score (nSPS) is 12.4. The Bertz CT molecular complexity index is 1240. The van der Waals surface area contributed by atoms with E-state index in [4.69, 9.17) is 0 Å². The molecule has 1 heterocycles. The minimum absolute atomic E-state index is 0.101. The summed E-state index contributed by atoms with van der Waals surface area (Å²) in [4.78, 5) is 20.2. The Morgan fingerprint density at radius 2 is 1.46 bits per heavy atom. The van der Waals surface area contributed by atoms with Crippen LogP contribution in [-0.4, -0.2) is 10.9 Å². The maximum absolute atomic E-state index is 13.8. The molecule has 35 heavy (non-hydrogen) atoms. The third kappa shape index (κ3) is 5.67. The van der Waals surface area contributed by atoms with E-state index < -0.39 is 6.04 Å². The van der Waals surface area contributed by atoms with Crippen molar-refractivity contribution in [2.45, 2.75) is 32.4 Å². The Kier molecular flexibility index (Phi) is 7.74. The van der Waals surface area contributed by atoms with E-state index in [2.05, 4.69) is 60.2 Å². The van der Waals surface area contributed by atoms with Gasteiger partial charge < -0.3 is 10.2 Å². The molecule has 176 valence electrons. The van der Waals surface area contributed by atoms with E-state index >= 15 is 0 Å². The molecule has 0 fully saturated rings. The van der Waals surface area contributed by atoms with Crippen molar-refractivity contribution >= 4 is 11.6 Å². The number of nitrogens with one attached hydrogen (secondary N) is 1. The second-order valence-electron chi connectivity index (χ2n) is 8.53. The van der Waals surface area contributed by atoms with Gasteiger partial charge in [-0.15, -0.1) is 0 Å². The molecule has 0 spiro atoms. The number of carbonyl (C=O) groups excluding carboxylic acids is 1. The summed E-state index contributed by atoms with van der Waals surface area (Å²) in [7, 11) is 0. The topological polar surface area (TPSA) is 45.2 Å². The zero-order valence-corrected chi connectivity index (χ0v) is 20.3. The number of nitrogens with zero attached hydrogens (tertiary/aromatic N) is 2. The average Bonchev–Trinajstić information content (AvgIpc) is 2.92. The predicted octanol–water partition coefficient (Wildman–Crippen LogP) is 7.10. The van der Waals surface area contributed by atoms with Crippen LogP contribution in [0.2, 0.25) is 0 Å². The Hall–Kier alpha value is -4.18. The number of carbonyl (C=O) groups is 1. The van der Waals surface area contributed by atoms with E-state index in [0.29, 0.717) is 6.42 Å². The molecule has 0 aliphatic heterocycles. The molecule has 1 amide bonds. The quantitative estimate of drug-likeness (QED) is 0.289. The molecule has 4 rings (SSSR count). The molecule has 2 atom stereocenters. The van der Waals surface area contributed by atoms with Gasteiger partial charge >= 0.3 is 0 Å². The van der Waals surface area contributed by atoms with Crippen LogP contribution in [0.3, 0.4) is 0 Å². The summed E-state index contributed by atoms with van der Waals surface area (Å²) in [5.74, 6) is -0.101. The van der Waals surface area contributed by atoms with Crippen molar-refractivity contribution in [2.24, 2.45) is 0 Å². The fourth-order valence-corrected chi connectivity index (χ4v) is 4.20. The standard InChI is InChI=1S/C31H31N3O/c1-4-23(2)34(29-19-17-27(18-20-29)26-14-9-6-10-15-26)30(28-16-11-21-32-22-28)31(35)33-24(3)25-12-7-5-8-13-25/h5-22,24,30H,2,4H2,1,3H3,(H,33,35)/t24-,30?/m0/s1.